The molecule has 1 amide bonds. The van der Waals surface area contributed by atoms with Crippen molar-refractivity contribution in [2.75, 3.05) is 13.2 Å². The van der Waals surface area contributed by atoms with Gasteiger partial charge in [-0.25, -0.2) is 9.97 Å². The molecule has 1 fully saturated rings. The number of hydrogen-bond acceptors (Lipinski definition) is 5. The van der Waals surface area contributed by atoms with Crippen molar-refractivity contribution in [3.8, 4) is 5.82 Å². The van der Waals surface area contributed by atoms with Crippen LogP contribution in [0.5, 0.6) is 0 Å². The molecule has 7 nitrogen and oxygen atoms in total. The minimum atomic E-state index is -0.302. The first-order valence-corrected chi connectivity index (χ1v) is 7.30. The number of carbonyl (C=O) groups is 1. The summed E-state index contributed by atoms with van der Waals surface area (Å²) < 4.78 is 7.31. The van der Waals surface area contributed by atoms with E-state index in [2.05, 4.69) is 20.6 Å². The van der Waals surface area contributed by atoms with Gasteiger partial charge in [0.15, 0.2) is 0 Å². The number of carbonyl (C=O) groups excluding carboxylic acids is 1. The van der Waals surface area contributed by atoms with Crippen LogP contribution >= 0.6 is 0 Å². The lowest BCUT2D eigenvalue weighted by Crippen LogP contribution is -2.55. The molecule has 2 aromatic rings. The SMILES string of the molecule is C[C@H]1OCCN[C@@H]1C(=O)NCc1ccnc(-n2ccnc2)c1. The summed E-state index contributed by atoms with van der Waals surface area (Å²) in [5.74, 6) is 0.727. The van der Waals surface area contributed by atoms with Gasteiger partial charge in [0.25, 0.3) is 0 Å². The second kappa shape index (κ2) is 6.67. The molecule has 3 rings (SSSR count). The third-order valence-corrected chi connectivity index (χ3v) is 3.64. The molecule has 0 unspecified atom stereocenters. The van der Waals surface area contributed by atoms with Gasteiger partial charge in [0, 0.05) is 31.7 Å². The van der Waals surface area contributed by atoms with E-state index < -0.39 is 0 Å². The standard InChI is InChI=1S/C15H19N5O2/c1-11-14(18-5-7-22-11)15(21)19-9-12-2-3-17-13(8-12)20-6-4-16-10-20/h2-4,6,8,10-11,14,18H,5,7,9H2,1H3,(H,19,21)/t11-,14+/m1/s1. The number of ether oxygens (including phenoxy) is 1. The van der Waals surface area contributed by atoms with Gasteiger partial charge in [0.1, 0.15) is 18.2 Å². The molecule has 3 heterocycles. The van der Waals surface area contributed by atoms with Gasteiger partial charge in [-0.3, -0.25) is 9.36 Å². The van der Waals surface area contributed by atoms with Crippen molar-refractivity contribution in [3.05, 3.63) is 42.6 Å². The minimum Gasteiger partial charge on any atom is -0.375 e. The van der Waals surface area contributed by atoms with Crippen LogP contribution in [0.15, 0.2) is 37.1 Å². The van der Waals surface area contributed by atoms with Crippen LogP contribution in [0.4, 0.5) is 0 Å². The highest BCUT2D eigenvalue weighted by Crippen LogP contribution is 2.08. The number of nitrogens with zero attached hydrogens (tertiary/aromatic N) is 3. The van der Waals surface area contributed by atoms with E-state index in [-0.39, 0.29) is 18.1 Å². The average molecular weight is 301 g/mol. The van der Waals surface area contributed by atoms with Crippen molar-refractivity contribution < 1.29 is 9.53 Å². The Hall–Kier alpha value is -2.25. The molecule has 1 saturated heterocycles. The fourth-order valence-electron chi connectivity index (χ4n) is 2.43. The van der Waals surface area contributed by atoms with Crippen molar-refractivity contribution in [1.82, 2.24) is 25.2 Å². The second-order valence-corrected chi connectivity index (χ2v) is 5.22. The normalized spacial score (nSPS) is 21.5. The summed E-state index contributed by atoms with van der Waals surface area (Å²) in [5.41, 5.74) is 0.983. The molecule has 0 spiro atoms. The van der Waals surface area contributed by atoms with E-state index in [1.54, 1.807) is 18.7 Å². The summed E-state index contributed by atoms with van der Waals surface area (Å²) >= 11 is 0. The summed E-state index contributed by atoms with van der Waals surface area (Å²) in [5, 5.41) is 6.11. The topological polar surface area (TPSA) is 81.1 Å². The first-order chi connectivity index (χ1) is 10.7. The molecule has 1 aliphatic rings. The largest absolute Gasteiger partial charge is 0.375 e. The van der Waals surface area contributed by atoms with Crippen molar-refractivity contribution >= 4 is 5.91 Å². The predicted octanol–water partition coefficient (Wildman–Crippen LogP) is 0.260. The first-order valence-electron chi connectivity index (χ1n) is 7.30. The Balaban J connectivity index is 1.61. The summed E-state index contributed by atoms with van der Waals surface area (Å²) in [4.78, 5) is 20.5. The predicted molar refractivity (Wildman–Crippen MR) is 80.4 cm³/mol. The van der Waals surface area contributed by atoms with E-state index >= 15 is 0 Å². The number of hydrogen-bond donors (Lipinski definition) is 2. The Morgan fingerprint density at radius 3 is 3.23 bits per heavy atom. The van der Waals surface area contributed by atoms with Gasteiger partial charge >= 0.3 is 0 Å². The second-order valence-electron chi connectivity index (χ2n) is 5.22. The van der Waals surface area contributed by atoms with Crippen LogP contribution in [0, 0.1) is 0 Å². The summed E-state index contributed by atoms with van der Waals surface area (Å²) in [6.45, 7) is 3.69. The van der Waals surface area contributed by atoms with Gasteiger partial charge in [-0.15, -0.1) is 0 Å². The Kier molecular flexibility index (Phi) is 4.45. The summed E-state index contributed by atoms with van der Waals surface area (Å²) in [6.07, 6.45) is 6.83. The number of imidazole rings is 1. The summed E-state index contributed by atoms with van der Waals surface area (Å²) in [6, 6.07) is 3.51. The highest BCUT2D eigenvalue weighted by atomic mass is 16.5. The van der Waals surface area contributed by atoms with E-state index in [1.165, 1.54) is 0 Å². The van der Waals surface area contributed by atoms with Crippen molar-refractivity contribution in [1.29, 1.82) is 0 Å². The molecule has 2 atom stereocenters. The fourth-order valence-corrected chi connectivity index (χ4v) is 2.43. The first kappa shape index (κ1) is 14.7. The third kappa shape index (κ3) is 3.32. The molecule has 0 radical (unpaired) electrons. The molecular formula is C15H19N5O2. The monoisotopic (exact) mass is 301 g/mol. The molecule has 2 N–H and O–H groups in total. The fraction of sp³-hybridized carbons (Fsp3) is 0.400. The smallest absolute Gasteiger partial charge is 0.240 e. The molecule has 22 heavy (non-hydrogen) atoms. The molecule has 0 saturated carbocycles. The van der Waals surface area contributed by atoms with Crippen molar-refractivity contribution in [2.24, 2.45) is 0 Å². The Bertz CT molecular complexity index is 629. The van der Waals surface area contributed by atoms with Gasteiger partial charge in [-0.2, -0.15) is 0 Å². The van der Waals surface area contributed by atoms with E-state index in [0.29, 0.717) is 19.7 Å². The zero-order valence-corrected chi connectivity index (χ0v) is 12.4. The Labute approximate surface area is 128 Å². The van der Waals surface area contributed by atoms with Crippen LogP contribution in [0.1, 0.15) is 12.5 Å². The maximum absolute atomic E-state index is 12.2. The van der Waals surface area contributed by atoms with Gasteiger partial charge in [0.2, 0.25) is 5.91 Å². The lowest BCUT2D eigenvalue weighted by Gasteiger charge is -2.29. The van der Waals surface area contributed by atoms with Crippen LogP contribution in [0.25, 0.3) is 5.82 Å². The zero-order chi connectivity index (χ0) is 15.4. The number of pyridine rings is 1. The lowest BCUT2D eigenvalue weighted by molar-refractivity contribution is -0.129. The van der Waals surface area contributed by atoms with Crippen LogP contribution < -0.4 is 10.6 Å². The zero-order valence-electron chi connectivity index (χ0n) is 12.4. The number of morpholine rings is 1. The maximum atomic E-state index is 12.2. The molecule has 0 aliphatic carbocycles. The maximum Gasteiger partial charge on any atom is 0.240 e. The third-order valence-electron chi connectivity index (χ3n) is 3.64. The number of amides is 1. The number of rotatable bonds is 4. The van der Waals surface area contributed by atoms with Gasteiger partial charge < -0.3 is 15.4 Å². The number of aromatic nitrogens is 3. The average Bonchev–Trinajstić information content (AvgIpc) is 3.08. The summed E-state index contributed by atoms with van der Waals surface area (Å²) in [7, 11) is 0. The van der Waals surface area contributed by atoms with Crippen LogP contribution in [0.2, 0.25) is 0 Å². The van der Waals surface area contributed by atoms with Crippen molar-refractivity contribution in [2.45, 2.75) is 25.6 Å². The quantitative estimate of drug-likeness (QED) is 0.847. The van der Waals surface area contributed by atoms with Crippen LogP contribution in [0.3, 0.4) is 0 Å². The lowest BCUT2D eigenvalue weighted by atomic mass is 10.1. The van der Waals surface area contributed by atoms with Crippen LogP contribution in [-0.4, -0.2) is 45.7 Å². The van der Waals surface area contributed by atoms with E-state index in [9.17, 15) is 4.79 Å². The van der Waals surface area contributed by atoms with Crippen molar-refractivity contribution in [3.63, 3.8) is 0 Å². The molecule has 2 aromatic heterocycles. The molecule has 116 valence electrons. The van der Waals surface area contributed by atoms with E-state index in [0.717, 1.165) is 11.4 Å². The Morgan fingerprint density at radius 2 is 2.45 bits per heavy atom. The highest BCUT2D eigenvalue weighted by molar-refractivity contribution is 5.82. The van der Waals surface area contributed by atoms with Gasteiger partial charge in [-0.05, 0) is 24.6 Å². The minimum absolute atomic E-state index is 0.0480. The Morgan fingerprint density at radius 1 is 1.55 bits per heavy atom. The molecule has 0 aromatic carbocycles. The molecule has 7 heteroatoms. The highest BCUT2D eigenvalue weighted by Gasteiger charge is 2.27. The van der Waals surface area contributed by atoms with Gasteiger partial charge in [0.05, 0.1) is 12.7 Å². The van der Waals surface area contributed by atoms with Crippen LogP contribution in [-0.2, 0) is 16.1 Å². The van der Waals surface area contributed by atoms with E-state index in [4.69, 9.17) is 4.74 Å². The van der Waals surface area contributed by atoms with E-state index in [1.807, 2.05) is 29.8 Å². The molecule has 0 bridgehead atoms. The molecular weight excluding hydrogens is 282 g/mol. The number of nitrogens with one attached hydrogen (secondary N) is 2. The molecule has 1 aliphatic heterocycles. The van der Waals surface area contributed by atoms with Gasteiger partial charge in [-0.1, -0.05) is 0 Å².